The average molecular weight is 303 g/mol. The molecular weight excluding hydrogens is 287 g/mol. The van der Waals surface area contributed by atoms with Crippen LogP contribution in [0.3, 0.4) is 0 Å². The molecule has 0 spiro atoms. The number of likely N-dealkylation sites (tertiary alicyclic amines) is 1. The van der Waals surface area contributed by atoms with Crippen molar-refractivity contribution in [3.05, 3.63) is 24.5 Å². The van der Waals surface area contributed by atoms with Gasteiger partial charge < -0.3 is 15.3 Å². The van der Waals surface area contributed by atoms with Gasteiger partial charge in [0.1, 0.15) is 0 Å². The molecule has 116 valence electrons. The molecule has 0 radical (unpaired) electrons. The fourth-order valence-electron chi connectivity index (χ4n) is 2.32. The van der Waals surface area contributed by atoms with Crippen molar-refractivity contribution in [2.24, 2.45) is 5.92 Å². The second-order valence-corrected chi connectivity index (χ2v) is 4.98. The summed E-state index contributed by atoms with van der Waals surface area (Å²) in [5.41, 5.74) is 0.576. The van der Waals surface area contributed by atoms with Gasteiger partial charge in [0.25, 0.3) is 0 Å². The Bertz CT molecular complexity index is 473. The van der Waals surface area contributed by atoms with E-state index in [2.05, 4.69) is 10.3 Å². The number of alkyl halides is 3. The van der Waals surface area contributed by atoms with Crippen LogP contribution in [-0.4, -0.2) is 46.4 Å². The Labute approximate surface area is 119 Å². The van der Waals surface area contributed by atoms with Crippen molar-refractivity contribution in [1.82, 2.24) is 9.88 Å². The van der Waals surface area contributed by atoms with Crippen LogP contribution in [0.1, 0.15) is 12.8 Å². The monoisotopic (exact) mass is 303 g/mol. The van der Waals surface area contributed by atoms with Gasteiger partial charge in [0.15, 0.2) is 6.10 Å². The highest BCUT2D eigenvalue weighted by molar-refractivity contribution is 5.89. The number of carbonyl (C=O) groups excluding carboxylic acids is 1. The van der Waals surface area contributed by atoms with Crippen LogP contribution in [0.2, 0.25) is 0 Å². The van der Waals surface area contributed by atoms with E-state index in [1.54, 1.807) is 12.1 Å². The Hall–Kier alpha value is -1.83. The summed E-state index contributed by atoms with van der Waals surface area (Å²) < 4.78 is 37.3. The molecule has 2 amide bonds. The number of urea groups is 1. The first-order valence-corrected chi connectivity index (χ1v) is 6.58. The molecule has 0 aliphatic carbocycles. The highest BCUT2D eigenvalue weighted by Gasteiger charge is 2.44. The van der Waals surface area contributed by atoms with E-state index in [9.17, 15) is 23.1 Å². The van der Waals surface area contributed by atoms with Gasteiger partial charge in [-0.2, -0.15) is 13.2 Å². The van der Waals surface area contributed by atoms with Gasteiger partial charge in [-0.05, 0) is 30.9 Å². The predicted octanol–water partition coefficient (Wildman–Crippen LogP) is 2.25. The molecule has 1 aromatic heterocycles. The molecule has 2 rings (SSSR count). The number of nitrogens with zero attached hydrogens (tertiary/aromatic N) is 2. The van der Waals surface area contributed by atoms with Crippen molar-refractivity contribution in [2.75, 3.05) is 18.4 Å². The largest absolute Gasteiger partial charge is 0.414 e. The number of aromatic nitrogens is 1. The summed E-state index contributed by atoms with van der Waals surface area (Å²) in [6.45, 7) is 0.378. The highest BCUT2D eigenvalue weighted by atomic mass is 19.4. The van der Waals surface area contributed by atoms with Crippen LogP contribution in [0.15, 0.2) is 24.5 Å². The summed E-state index contributed by atoms with van der Waals surface area (Å²) in [7, 11) is 0. The molecule has 1 unspecified atom stereocenters. The minimum Gasteiger partial charge on any atom is -0.383 e. The van der Waals surface area contributed by atoms with Crippen LogP contribution < -0.4 is 5.32 Å². The van der Waals surface area contributed by atoms with Crippen molar-refractivity contribution >= 4 is 11.7 Å². The zero-order valence-electron chi connectivity index (χ0n) is 11.2. The Balaban J connectivity index is 1.85. The third kappa shape index (κ3) is 4.07. The quantitative estimate of drug-likeness (QED) is 0.880. The average Bonchev–Trinajstić information content (AvgIpc) is 2.46. The first kappa shape index (κ1) is 15.6. The number of carbonyl (C=O) groups is 1. The molecule has 1 atom stereocenters. The van der Waals surface area contributed by atoms with Crippen LogP contribution in [0.25, 0.3) is 0 Å². The van der Waals surface area contributed by atoms with Gasteiger partial charge in [-0.1, -0.05) is 0 Å². The predicted molar refractivity (Wildman–Crippen MR) is 69.6 cm³/mol. The Morgan fingerprint density at radius 3 is 2.43 bits per heavy atom. The molecule has 1 aliphatic rings. The minimum atomic E-state index is -4.61. The molecule has 0 bridgehead atoms. The van der Waals surface area contributed by atoms with Crippen molar-refractivity contribution in [3.63, 3.8) is 0 Å². The van der Waals surface area contributed by atoms with Crippen LogP contribution in [0, 0.1) is 5.92 Å². The van der Waals surface area contributed by atoms with Crippen molar-refractivity contribution < 1.29 is 23.1 Å². The first-order chi connectivity index (χ1) is 9.88. The lowest BCUT2D eigenvalue weighted by Crippen LogP contribution is -2.46. The van der Waals surface area contributed by atoms with E-state index in [1.807, 2.05) is 0 Å². The molecular formula is C13H16F3N3O2. The number of hydrogen-bond donors (Lipinski definition) is 2. The SMILES string of the molecule is O=C(Nc1ccncc1)N1CCC(C(O)C(F)(F)F)CC1. The highest BCUT2D eigenvalue weighted by Crippen LogP contribution is 2.31. The molecule has 5 nitrogen and oxygen atoms in total. The van der Waals surface area contributed by atoms with Crippen LogP contribution >= 0.6 is 0 Å². The molecule has 0 saturated carbocycles. The van der Waals surface area contributed by atoms with Gasteiger partial charge >= 0.3 is 12.2 Å². The lowest BCUT2D eigenvalue weighted by Gasteiger charge is -2.34. The van der Waals surface area contributed by atoms with Crippen molar-refractivity contribution in [1.29, 1.82) is 0 Å². The van der Waals surface area contributed by atoms with Crippen LogP contribution in [-0.2, 0) is 0 Å². The lowest BCUT2D eigenvalue weighted by molar-refractivity contribution is -0.222. The number of hydrogen-bond acceptors (Lipinski definition) is 3. The number of rotatable bonds is 2. The first-order valence-electron chi connectivity index (χ1n) is 6.58. The van der Waals surface area contributed by atoms with Crippen LogP contribution in [0.5, 0.6) is 0 Å². The van der Waals surface area contributed by atoms with Crippen molar-refractivity contribution in [3.8, 4) is 0 Å². The summed E-state index contributed by atoms with van der Waals surface area (Å²) in [5.74, 6) is -0.852. The number of halogens is 3. The number of aliphatic hydroxyl groups excluding tert-OH is 1. The third-order valence-corrected chi connectivity index (χ3v) is 3.54. The number of pyridine rings is 1. The number of anilines is 1. The topological polar surface area (TPSA) is 65.5 Å². The Kier molecular flexibility index (Phi) is 4.66. The van der Waals surface area contributed by atoms with E-state index in [0.717, 1.165) is 0 Å². The number of amides is 2. The zero-order chi connectivity index (χ0) is 15.5. The lowest BCUT2D eigenvalue weighted by atomic mass is 9.91. The number of piperidine rings is 1. The Morgan fingerprint density at radius 1 is 1.33 bits per heavy atom. The van der Waals surface area contributed by atoms with E-state index in [1.165, 1.54) is 17.3 Å². The minimum absolute atomic E-state index is 0.129. The maximum absolute atomic E-state index is 12.4. The zero-order valence-corrected chi connectivity index (χ0v) is 11.2. The fourth-order valence-corrected chi connectivity index (χ4v) is 2.32. The summed E-state index contributed by atoms with van der Waals surface area (Å²) >= 11 is 0. The second-order valence-electron chi connectivity index (χ2n) is 4.98. The summed E-state index contributed by atoms with van der Waals surface area (Å²) in [4.78, 5) is 17.2. The standard InChI is InChI=1S/C13H16F3N3O2/c14-13(15,16)11(20)9-3-7-19(8-4-9)12(21)18-10-1-5-17-6-2-10/h1-2,5-6,9,11,20H,3-4,7-8H2,(H,17,18,21). The van der Waals surface area contributed by atoms with E-state index in [0.29, 0.717) is 5.69 Å². The molecule has 1 aromatic rings. The Morgan fingerprint density at radius 2 is 1.90 bits per heavy atom. The van der Waals surface area contributed by atoms with Gasteiger partial charge in [-0.25, -0.2) is 4.79 Å². The summed E-state index contributed by atoms with van der Waals surface area (Å²) in [5, 5.41) is 11.9. The van der Waals surface area contributed by atoms with Crippen molar-refractivity contribution in [2.45, 2.75) is 25.1 Å². The van der Waals surface area contributed by atoms with Gasteiger partial charge in [0.05, 0.1) is 0 Å². The summed E-state index contributed by atoms with van der Waals surface area (Å²) in [6.07, 6.45) is -3.60. The second kappa shape index (κ2) is 6.30. The third-order valence-electron chi connectivity index (χ3n) is 3.54. The van der Waals surface area contributed by atoms with Crippen LogP contribution in [0.4, 0.5) is 23.7 Å². The summed E-state index contributed by atoms with van der Waals surface area (Å²) in [6, 6.07) is 2.89. The van der Waals surface area contributed by atoms with E-state index in [-0.39, 0.29) is 32.0 Å². The molecule has 1 aliphatic heterocycles. The van der Waals surface area contributed by atoms with Gasteiger partial charge in [0, 0.05) is 31.2 Å². The molecule has 21 heavy (non-hydrogen) atoms. The fraction of sp³-hybridized carbons (Fsp3) is 0.538. The maximum atomic E-state index is 12.4. The molecule has 1 fully saturated rings. The van der Waals surface area contributed by atoms with E-state index >= 15 is 0 Å². The van der Waals surface area contributed by atoms with Gasteiger partial charge in [-0.15, -0.1) is 0 Å². The molecule has 0 aromatic carbocycles. The molecule has 2 heterocycles. The normalized spacial score (nSPS) is 18.4. The van der Waals surface area contributed by atoms with E-state index < -0.39 is 18.2 Å². The smallest absolute Gasteiger partial charge is 0.383 e. The molecule has 2 N–H and O–H groups in total. The number of nitrogens with one attached hydrogen (secondary N) is 1. The van der Waals surface area contributed by atoms with E-state index in [4.69, 9.17) is 0 Å². The van der Waals surface area contributed by atoms with Gasteiger partial charge in [-0.3, -0.25) is 4.98 Å². The molecule has 8 heteroatoms. The number of aliphatic hydroxyl groups is 1. The maximum Gasteiger partial charge on any atom is 0.414 e. The molecule has 1 saturated heterocycles. The van der Waals surface area contributed by atoms with Gasteiger partial charge in [0.2, 0.25) is 0 Å².